The quantitative estimate of drug-likeness (QED) is 0.505. The molecule has 9 heteroatoms. The van der Waals surface area contributed by atoms with E-state index in [9.17, 15) is 10.1 Å². The number of fused-ring (bicyclic) bond motifs is 1. The number of ether oxygens (including phenoxy) is 1. The fourth-order valence-corrected chi connectivity index (χ4v) is 6.09. The van der Waals surface area contributed by atoms with Gasteiger partial charge in [0.25, 0.3) is 0 Å². The van der Waals surface area contributed by atoms with Crippen LogP contribution >= 0.6 is 0 Å². The summed E-state index contributed by atoms with van der Waals surface area (Å²) in [6.45, 7) is 12.9. The fourth-order valence-electron chi connectivity index (χ4n) is 6.09. The molecule has 2 atom stereocenters. The number of carbonyl (C=O) groups is 1. The second-order valence-corrected chi connectivity index (χ2v) is 10.9. The molecule has 2 saturated heterocycles. The van der Waals surface area contributed by atoms with Crippen LogP contribution in [0.3, 0.4) is 0 Å². The predicted molar refractivity (Wildman–Crippen MR) is 152 cm³/mol. The predicted octanol–water partition coefficient (Wildman–Crippen LogP) is 3.25. The molecule has 2 aromatic rings. The van der Waals surface area contributed by atoms with Crippen LogP contribution in [0.1, 0.15) is 41.6 Å². The van der Waals surface area contributed by atoms with E-state index in [0.29, 0.717) is 44.8 Å². The summed E-state index contributed by atoms with van der Waals surface area (Å²) in [5, 5.41) is 9.47. The van der Waals surface area contributed by atoms with Crippen molar-refractivity contribution in [3.05, 3.63) is 53.2 Å². The Bertz CT molecular complexity index is 1270. The van der Waals surface area contributed by atoms with Crippen LogP contribution in [0.25, 0.3) is 0 Å². The summed E-state index contributed by atoms with van der Waals surface area (Å²) in [4.78, 5) is 31.1. The van der Waals surface area contributed by atoms with Crippen molar-refractivity contribution in [3.8, 4) is 12.1 Å². The van der Waals surface area contributed by atoms with Crippen LogP contribution in [0.5, 0.6) is 6.01 Å². The van der Waals surface area contributed by atoms with Crippen LogP contribution in [0.15, 0.2) is 30.9 Å². The minimum atomic E-state index is -0.216. The van der Waals surface area contributed by atoms with Gasteiger partial charge in [-0.05, 0) is 70.0 Å². The van der Waals surface area contributed by atoms with Crippen LogP contribution in [0.4, 0.5) is 11.5 Å². The molecule has 3 aliphatic rings. The van der Waals surface area contributed by atoms with Gasteiger partial charge in [0.15, 0.2) is 0 Å². The number of hydrogen-bond acceptors (Lipinski definition) is 8. The molecule has 1 unspecified atom stereocenters. The molecule has 0 radical (unpaired) electrons. The second kappa shape index (κ2) is 11.6. The monoisotopic (exact) mass is 529 g/mol. The van der Waals surface area contributed by atoms with Crippen LogP contribution in [0.2, 0.25) is 0 Å². The van der Waals surface area contributed by atoms with Crippen molar-refractivity contribution >= 4 is 17.4 Å². The lowest BCUT2D eigenvalue weighted by atomic mass is 10.0. The first-order valence-corrected chi connectivity index (χ1v) is 14.0. The van der Waals surface area contributed by atoms with Crippen molar-refractivity contribution < 1.29 is 9.53 Å². The number of benzene rings is 1. The highest BCUT2D eigenvalue weighted by Crippen LogP contribution is 2.34. The van der Waals surface area contributed by atoms with Gasteiger partial charge < -0.3 is 24.3 Å². The van der Waals surface area contributed by atoms with Gasteiger partial charge in [-0.1, -0.05) is 18.7 Å². The molecule has 3 aliphatic heterocycles. The summed E-state index contributed by atoms with van der Waals surface area (Å²) in [5.74, 6) is 0.748. The number of aryl methyl sites for hydroxylation is 1. The van der Waals surface area contributed by atoms with Gasteiger partial charge in [0, 0.05) is 43.5 Å². The lowest BCUT2D eigenvalue weighted by Gasteiger charge is -2.42. The Balaban J connectivity index is 1.46. The van der Waals surface area contributed by atoms with Crippen LogP contribution in [-0.4, -0.2) is 84.1 Å². The number of amides is 1. The van der Waals surface area contributed by atoms with Gasteiger partial charge in [-0.15, -0.1) is 0 Å². The van der Waals surface area contributed by atoms with Crippen molar-refractivity contribution in [1.29, 1.82) is 5.26 Å². The number of likely N-dealkylation sites (tertiary alicyclic amines) is 1. The molecule has 1 aromatic heterocycles. The molecule has 2 fully saturated rings. The van der Waals surface area contributed by atoms with Crippen molar-refractivity contribution in [2.45, 2.75) is 58.2 Å². The van der Waals surface area contributed by atoms with Gasteiger partial charge in [0.05, 0.1) is 30.8 Å². The van der Waals surface area contributed by atoms with Crippen molar-refractivity contribution in [2.24, 2.45) is 0 Å². The summed E-state index contributed by atoms with van der Waals surface area (Å²) in [5.41, 5.74) is 5.94. The number of piperazine rings is 1. The Morgan fingerprint density at radius 2 is 2.03 bits per heavy atom. The smallest absolute Gasteiger partial charge is 0.318 e. The molecule has 0 bridgehead atoms. The molecular weight excluding hydrogens is 490 g/mol. The molecule has 0 spiro atoms. The first-order valence-electron chi connectivity index (χ1n) is 14.0. The molecule has 1 amide bonds. The summed E-state index contributed by atoms with van der Waals surface area (Å²) < 4.78 is 6.25. The van der Waals surface area contributed by atoms with Crippen LogP contribution < -0.4 is 14.5 Å². The van der Waals surface area contributed by atoms with Crippen molar-refractivity contribution in [2.75, 3.05) is 56.2 Å². The third kappa shape index (κ3) is 5.57. The molecule has 0 saturated carbocycles. The Morgan fingerprint density at radius 1 is 1.18 bits per heavy atom. The van der Waals surface area contributed by atoms with Gasteiger partial charge in [-0.25, -0.2) is 0 Å². The summed E-state index contributed by atoms with van der Waals surface area (Å²) in [6, 6.07) is 9.27. The molecular formula is C30H39N7O2. The fraction of sp³-hybridized carbons (Fsp3) is 0.533. The number of nitriles is 1. The van der Waals surface area contributed by atoms with E-state index in [1.165, 1.54) is 29.3 Å². The molecule has 1 aromatic carbocycles. The first kappa shape index (κ1) is 26.9. The zero-order valence-corrected chi connectivity index (χ0v) is 23.4. The topological polar surface area (TPSA) is 88.8 Å². The Morgan fingerprint density at radius 3 is 2.77 bits per heavy atom. The maximum Gasteiger partial charge on any atom is 0.318 e. The van der Waals surface area contributed by atoms with E-state index >= 15 is 0 Å². The van der Waals surface area contributed by atoms with E-state index < -0.39 is 0 Å². The highest BCUT2D eigenvalue weighted by atomic mass is 16.5. The average Bonchev–Trinajstić information content (AvgIpc) is 3.36. The number of aromatic nitrogens is 2. The maximum absolute atomic E-state index is 12.5. The standard InChI is InChI=1S/C30H39N7O2/c1-5-28(38)37-17-16-36(18-23(37)11-13-31)29-25-12-15-35(27-10-6-8-21(2)22(27)3)19-26(25)32-30(33-29)39-20-24-9-7-14-34(24)4/h5-6,8,10,23-24H,1,7,9,11-12,14-20H2,2-4H3/t23?,24-/m0/s1. The average molecular weight is 530 g/mol. The van der Waals surface area contributed by atoms with Crippen LogP contribution in [-0.2, 0) is 17.8 Å². The zero-order valence-electron chi connectivity index (χ0n) is 23.4. The number of rotatable bonds is 7. The van der Waals surface area contributed by atoms with Gasteiger partial charge in [0.2, 0.25) is 5.91 Å². The van der Waals surface area contributed by atoms with E-state index in [4.69, 9.17) is 14.7 Å². The van der Waals surface area contributed by atoms with Gasteiger partial charge in [-0.2, -0.15) is 15.2 Å². The number of nitrogens with zero attached hydrogens (tertiary/aromatic N) is 7. The Kier molecular flexibility index (Phi) is 8.03. The van der Waals surface area contributed by atoms with E-state index in [2.05, 4.69) is 66.4 Å². The normalized spacial score (nSPS) is 21.4. The van der Waals surface area contributed by atoms with E-state index in [0.717, 1.165) is 43.0 Å². The van der Waals surface area contributed by atoms with Gasteiger partial charge in [0.1, 0.15) is 12.4 Å². The van der Waals surface area contributed by atoms with E-state index in [1.54, 1.807) is 4.90 Å². The van der Waals surface area contributed by atoms with Gasteiger partial charge >= 0.3 is 6.01 Å². The number of hydrogen-bond donors (Lipinski definition) is 0. The highest BCUT2D eigenvalue weighted by molar-refractivity contribution is 5.87. The molecule has 4 heterocycles. The molecule has 0 aliphatic carbocycles. The second-order valence-electron chi connectivity index (χ2n) is 10.9. The minimum Gasteiger partial charge on any atom is -0.462 e. The third-order valence-corrected chi connectivity index (χ3v) is 8.58. The number of anilines is 2. The first-order chi connectivity index (χ1) is 18.9. The van der Waals surface area contributed by atoms with Crippen LogP contribution in [0, 0.1) is 25.2 Å². The third-order valence-electron chi connectivity index (χ3n) is 8.58. The van der Waals surface area contributed by atoms with Crippen molar-refractivity contribution in [3.63, 3.8) is 0 Å². The van der Waals surface area contributed by atoms with E-state index in [1.807, 2.05) is 0 Å². The summed E-state index contributed by atoms with van der Waals surface area (Å²) in [6.07, 6.45) is 4.71. The number of carbonyl (C=O) groups excluding carboxylic acids is 1. The van der Waals surface area contributed by atoms with Crippen molar-refractivity contribution in [1.82, 2.24) is 19.8 Å². The zero-order chi connectivity index (χ0) is 27.5. The largest absolute Gasteiger partial charge is 0.462 e. The highest BCUT2D eigenvalue weighted by Gasteiger charge is 2.33. The lowest BCUT2D eigenvalue weighted by Crippen LogP contribution is -2.55. The SMILES string of the molecule is C=CC(=O)N1CCN(c2nc(OC[C@@H]3CCCN3C)nc3c2CCN(c2cccc(C)c2C)C3)CC1CC#N. The Labute approximate surface area is 231 Å². The molecule has 39 heavy (non-hydrogen) atoms. The minimum absolute atomic E-state index is 0.131. The summed E-state index contributed by atoms with van der Waals surface area (Å²) >= 11 is 0. The van der Waals surface area contributed by atoms with Gasteiger partial charge in [-0.3, -0.25) is 4.79 Å². The summed E-state index contributed by atoms with van der Waals surface area (Å²) in [7, 11) is 2.14. The molecule has 206 valence electrons. The molecule has 9 nitrogen and oxygen atoms in total. The Hall–Kier alpha value is -3.64. The molecule has 5 rings (SSSR count). The maximum atomic E-state index is 12.5. The van der Waals surface area contributed by atoms with E-state index in [-0.39, 0.29) is 18.4 Å². The lowest BCUT2D eigenvalue weighted by molar-refractivity contribution is -0.128. The number of likely N-dealkylation sites (N-methyl/N-ethyl adjacent to an activating group) is 1. The molecule has 0 N–H and O–H groups in total.